The van der Waals surface area contributed by atoms with Crippen molar-refractivity contribution in [2.45, 2.75) is 6.42 Å². The predicted octanol–water partition coefficient (Wildman–Crippen LogP) is 4.63. The summed E-state index contributed by atoms with van der Waals surface area (Å²) in [6.07, 6.45) is 0.883. The molecule has 4 heteroatoms. The molecule has 0 aliphatic carbocycles. The van der Waals surface area contributed by atoms with E-state index in [0.717, 1.165) is 28.1 Å². The summed E-state index contributed by atoms with van der Waals surface area (Å²) in [6, 6.07) is 15.6. The Balaban J connectivity index is 1.98. The fraction of sp³-hybridized carbons (Fsp3) is 0.133. The second-order valence-corrected chi connectivity index (χ2v) is 5.46. The van der Waals surface area contributed by atoms with Gasteiger partial charge in [0.15, 0.2) is 0 Å². The average Bonchev–Trinajstić information content (AvgIpc) is 2.41. The van der Waals surface area contributed by atoms with Gasteiger partial charge in [-0.25, -0.2) is 0 Å². The van der Waals surface area contributed by atoms with Crippen LogP contribution in [-0.4, -0.2) is 6.54 Å². The third-order valence-electron chi connectivity index (χ3n) is 2.74. The van der Waals surface area contributed by atoms with Crippen LogP contribution < -0.4 is 5.32 Å². The van der Waals surface area contributed by atoms with Crippen molar-refractivity contribution >= 4 is 33.2 Å². The number of anilines is 1. The number of rotatable bonds is 4. The molecule has 0 aliphatic rings. The summed E-state index contributed by atoms with van der Waals surface area (Å²) in [5, 5.41) is 13.1. The number of benzene rings is 2. The standard InChI is InChI=1S/C15H12BrClN2/c16-13-4-3-12(10-18)15(9-13)19-8-7-11-1-5-14(17)6-2-11/h1-6,9,19H,7-8H2. The fourth-order valence-electron chi connectivity index (χ4n) is 1.75. The zero-order valence-corrected chi connectivity index (χ0v) is 12.5. The molecule has 0 amide bonds. The van der Waals surface area contributed by atoms with E-state index < -0.39 is 0 Å². The van der Waals surface area contributed by atoms with Crippen LogP contribution >= 0.6 is 27.5 Å². The van der Waals surface area contributed by atoms with Crippen LogP contribution in [0.2, 0.25) is 5.02 Å². The highest BCUT2D eigenvalue weighted by Crippen LogP contribution is 2.20. The van der Waals surface area contributed by atoms with Crippen LogP contribution in [0.15, 0.2) is 46.9 Å². The summed E-state index contributed by atoms with van der Waals surface area (Å²) in [4.78, 5) is 0. The Kier molecular flexibility index (Phi) is 4.84. The molecule has 2 aromatic rings. The van der Waals surface area contributed by atoms with Crippen LogP contribution in [0.1, 0.15) is 11.1 Å². The Morgan fingerprint density at radius 3 is 2.58 bits per heavy atom. The average molecular weight is 336 g/mol. The Morgan fingerprint density at radius 1 is 1.16 bits per heavy atom. The van der Waals surface area contributed by atoms with Gasteiger partial charge in [-0.05, 0) is 42.3 Å². The first-order valence-electron chi connectivity index (χ1n) is 5.87. The lowest BCUT2D eigenvalue weighted by Gasteiger charge is -2.08. The molecule has 0 aliphatic heterocycles. The van der Waals surface area contributed by atoms with Crippen molar-refractivity contribution in [3.63, 3.8) is 0 Å². The molecule has 0 unspecified atom stereocenters. The lowest BCUT2D eigenvalue weighted by atomic mass is 10.1. The van der Waals surface area contributed by atoms with E-state index in [4.69, 9.17) is 16.9 Å². The van der Waals surface area contributed by atoms with E-state index in [9.17, 15) is 0 Å². The number of nitrogens with one attached hydrogen (secondary N) is 1. The second-order valence-electron chi connectivity index (χ2n) is 4.10. The van der Waals surface area contributed by atoms with Gasteiger partial charge in [0.1, 0.15) is 6.07 Å². The largest absolute Gasteiger partial charge is 0.384 e. The van der Waals surface area contributed by atoms with Gasteiger partial charge in [0.2, 0.25) is 0 Å². The van der Waals surface area contributed by atoms with Crippen LogP contribution in [0.25, 0.3) is 0 Å². The fourth-order valence-corrected chi connectivity index (χ4v) is 2.24. The van der Waals surface area contributed by atoms with E-state index in [1.165, 1.54) is 5.56 Å². The molecular weight excluding hydrogens is 324 g/mol. The van der Waals surface area contributed by atoms with Crippen molar-refractivity contribution in [3.05, 3.63) is 63.1 Å². The molecule has 0 fully saturated rings. The van der Waals surface area contributed by atoms with E-state index in [0.29, 0.717) is 5.56 Å². The van der Waals surface area contributed by atoms with Crippen molar-refractivity contribution in [3.8, 4) is 6.07 Å². The Morgan fingerprint density at radius 2 is 1.89 bits per heavy atom. The van der Waals surface area contributed by atoms with Crippen LogP contribution in [0.4, 0.5) is 5.69 Å². The number of hydrogen-bond donors (Lipinski definition) is 1. The quantitative estimate of drug-likeness (QED) is 0.884. The van der Waals surface area contributed by atoms with Crippen molar-refractivity contribution in [1.29, 1.82) is 5.26 Å². The molecule has 19 heavy (non-hydrogen) atoms. The molecule has 2 nitrogen and oxygen atoms in total. The summed E-state index contributed by atoms with van der Waals surface area (Å²) in [5.74, 6) is 0. The zero-order chi connectivity index (χ0) is 13.7. The summed E-state index contributed by atoms with van der Waals surface area (Å²) >= 11 is 9.25. The number of hydrogen-bond acceptors (Lipinski definition) is 2. The van der Waals surface area contributed by atoms with Gasteiger partial charge in [0, 0.05) is 16.0 Å². The smallest absolute Gasteiger partial charge is 0.101 e. The third-order valence-corrected chi connectivity index (χ3v) is 3.49. The highest BCUT2D eigenvalue weighted by Gasteiger charge is 2.02. The molecule has 0 radical (unpaired) electrons. The summed E-state index contributed by atoms with van der Waals surface area (Å²) in [7, 11) is 0. The van der Waals surface area contributed by atoms with Gasteiger partial charge in [-0.1, -0.05) is 39.7 Å². The number of nitrogens with zero attached hydrogens (tertiary/aromatic N) is 1. The highest BCUT2D eigenvalue weighted by molar-refractivity contribution is 9.10. The first-order valence-corrected chi connectivity index (χ1v) is 7.04. The minimum atomic E-state index is 0.652. The topological polar surface area (TPSA) is 35.8 Å². The van der Waals surface area contributed by atoms with Crippen LogP contribution in [-0.2, 0) is 6.42 Å². The van der Waals surface area contributed by atoms with Gasteiger partial charge in [0.25, 0.3) is 0 Å². The van der Waals surface area contributed by atoms with E-state index in [-0.39, 0.29) is 0 Å². The molecule has 96 valence electrons. The molecule has 0 bridgehead atoms. The van der Waals surface area contributed by atoms with Gasteiger partial charge in [-0.2, -0.15) is 5.26 Å². The Bertz CT molecular complexity index is 603. The molecule has 2 rings (SSSR count). The molecule has 0 atom stereocenters. The molecule has 1 N–H and O–H groups in total. The van der Waals surface area contributed by atoms with Crippen LogP contribution in [0.3, 0.4) is 0 Å². The van der Waals surface area contributed by atoms with Gasteiger partial charge in [-0.15, -0.1) is 0 Å². The molecule has 0 saturated heterocycles. The Labute approximate surface area is 126 Å². The third kappa shape index (κ3) is 3.99. The predicted molar refractivity (Wildman–Crippen MR) is 82.5 cm³/mol. The van der Waals surface area contributed by atoms with Crippen LogP contribution in [0, 0.1) is 11.3 Å². The second kappa shape index (κ2) is 6.60. The molecule has 0 spiro atoms. The van der Waals surface area contributed by atoms with Gasteiger partial charge in [-0.3, -0.25) is 0 Å². The number of nitriles is 1. The highest BCUT2D eigenvalue weighted by atomic mass is 79.9. The number of halogens is 2. The minimum absolute atomic E-state index is 0.652. The van der Waals surface area contributed by atoms with Crippen molar-refractivity contribution < 1.29 is 0 Å². The minimum Gasteiger partial charge on any atom is -0.384 e. The maximum absolute atomic E-state index is 9.04. The SMILES string of the molecule is N#Cc1ccc(Br)cc1NCCc1ccc(Cl)cc1. The molecule has 2 aromatic carbocycles. The first-order chi connectivity index (χ1) is 9.19. The summed E-state index contributed by atoms with van der Waals surface area (Å²) in [6.45, 7) is 0.771. The van der Waals surface area contributed by atoms with E-state index in [2.05, 4.69) is 27.3 Å². The summed E-state index contributed by atoms with van der Waals surface area (Å²) < 4.78 is 0.959. The van der Waals surface area contributed by atoms with E-state index in [1.807, 2.05) is 36.4 Å². The summed E-state index contributed by atoms with van der Waals surface area (Å²) in [5.41, 5.74) is 2.72. The Hall–Kier alpha value is -1.50. The molecule has 0 aromatic heterocycles. The van der Waals surface area contributed by atoms with E-state index in [1.54, 1.807) is 6.07 Å². The first kappa shape index (κ1) is 13.9. The van der Waals surface area contributed by atoms with E-state index >= 15 is 0 Å². The molecule has 0 heterocycles. The molecule has 0 saturated carbocycles. The van der Waals surface area contributed by atoms with Crippen LogP contribution in [0.5, 0.6) is 0 Å². The maximum Gasteiger partial charge on any atom is 0.101 e. The lowest BCUT2D eigenvalue weighted by molar-refractivity contribution is 1.02. The molecular formula is C15H12BrClN2. The maximum atomic E-state index is 9.04. The monoisotopic (exact) mass is 334 g/mol. The zero-order valence-electron chi connectivity index (χ0n) is 10.2. The lowest BCUT2D eigenvalue weighted by Crippen LogP contribution is -2.06. The van der Waals surface area contributed by atoms with Gasteiger partial charge >= 0.3 is 0 Å². The van der Waals surface area contributed by atoms with Crippen molar-refractivity contribution in [2.75, 3.05) is 11.9 Å². The van der Waals surface area contributed by atoms with Gasteiger partial charge < -0.3 is 5.32 Å². The normalized spacial score (nSPS) is 9.95. The van der Waals surface area contributed by atoms with Gasteiger partial charge in [0.05, 0.1) is 11.3 Å². The van der Waals surface area contributed by atoms with Crippen molar-refractivity contribution in [1.82, 2.24) is 0 Å². The van der Waals surface area contributed by atoms with Crippen molar-refractivity contribution in [2.24, 2.45) is 0 Å².